The molecule has 19 heavy (non-hydrogen) atoms. The first-order valence-electron chi connectivity index (χ1n) is 5.94. The highest BCUT2D eigenvalue weighted by Crippen LogP contribution is 2.01. The normalized spacial score (nSPS) is 9.68. The molecule has 0 atom stereocenters. The molecule has 1 rings (SSSR count). The Kier molecular flexibility index (Phi) is 6.41. The van der Waals surface area contributed by atoms with Crippen molar-refractivity contribution >= 4 is 6.03 Å². The van der Waals surface area contributed by atoms with Gasteiger partial charge < -0.3 is 10.6 Å². The van der Waals surface area contributed by atoms with E-state index in [0.29, 0.717) is 19.6 Å². The molecule has 4 nitrogen and oxygen atoms in total. The molecule has 0 unspecified atom stereocenters. The Labute approximate surface area is 113 Å². The van der Waals surface area contributed by atoms with Crippen LogP contribution in [0, 0.1) is 17.7 Å². The van der Waals surface area contributed by atoms with Gasteiger partial charge in [-0.2, -0.15) is 0 Å². The number of amides is 2. The molecule has 2 N–H and O–H groups in total. The molecule has 0 bridgehead atoms. The maximum absolute atomic E-state index is 12.7. The number of carbonyl (C=O) groups excluding carboxylic acids is 1. The Morgan fingerprint density at radius 3 is 2.53 bits per heavy atom. The van der Waals surface area contributed by atoms with Crippen molar-refractivity contribution in [1.82, 2.24) is 15.5 Å². The standard InChI is InChI=1S/C14H18FN3O/c1-18(2)10-4-3-9-16-14(19)17-11-12-5-7-13(15)8-6-12/h5-8H,9-11H2,1-2H3,(H2,16,17,19). The summed E-state index contributed by atoms with van der Waals surface area (Å²) in [6, 6.07) is 5.70. The fraction of sp³-hybridized carbons (Fsp3) is 0.357. The zero-order valence-electron chi connectivity index (χ0n) is 11.2. The van der Waals surface area contributed by atoms with Gasteiger partial charge in [0.05, 0.1) is 13.1 Å². The van der Waals surface area contributed by atoms with Crippen LogP contribution in [-0.2, 0) is 6.54 Å². The number of nitrogens with one attached hydrogen (secondary N) is 2. The fourth-order valence-corrected chi connectivity index (χ4v) is 1.25. The van der Waals surface area contributed by atoms with Crippen LogP contribution in [0.5, 0.6) is 0 Å². The lowest BCUT2D eigenvalue weighted by molar-refractivity contribution is 0.241. The molecule has 102 valence electrons. The molecule has 5 heteroatoms. The van der Waals surface area contributed by atoms with E-state index in [0.717, 1.165) is 5.56 Å². The summed E-state index contributed by atoms with van der Waals surface area (Å²) in [7, 11) is 3.86. The Hall–Kier alpha value is -2.06. The summed E-state index contributed by atoms with van der Waals surface area (Å²) < 4.78 is 12.7. The number of halogens is 1. The molecule has 1 aromatic rings. The van der Waals surface area contributed by atoms with Crippen molar-refractivity contribution in [2.45, 2.75) is 6.54 Å². The molecular weight excluding hydrogens is 245 g/mol. The third kappa shape index (κ3) is 7.06. The SMILES string of the molecule is CN(C)CC#CCNC(=O)NCc1ccc(F)cc1. The van der Waals surface area contributed by atoms with Crippen LogP contribution in [0.25, 0.3) is 0 Å². The number of carbonyl (C=O) groups is 1. The van der Waals surface area contributed by atoms with Gasteiger partial charge in [0.1, 0.15) is 5.82 Å². The Morgan fingerprint density at radius 1 is 1.21 bits per heavy atom. The van der Waals surface area contributed by atoms with Crippen molar-refractivity contribution in [3.05, 3.63) is 35.6 Å². The quantitative estimate of drug-likeness (QED) is 0.801. The van der Waals surface area contributed by atoms with Crippen LogP contribution in [-0.4, -0.2) is 38.1 Å². The minimum atomic E-state index is -0.288. The topological polar surface area (TPSA) is 44.4 Å². The fourth-order valence-electron chi connectivity index (χ4n) is 1.25. The molecule has 1 aromatic carbocycles. The molecule has 0 aromatic heterocycles. The van der Waals surface area contributed by atoms with Gasteiger partial charge in [0.25, 0.3) is 0 Å². The highest BCUT2D eigenvalue weighted by molar-refractivity contribution is 5.74. The van der Waals surface area contributed by atoms with Crippen LogP contribution >= 0.6 is 0 Å². The summed E-state index contributed by atoms with van der Waals surface area (Å²) in [6.07, 6.45) is 0. The molecule has 0 fully saturated rings. The van der Waals surface area contributed by atoms with Gasteiger partial charge in [-0.1, -0.05) is 24.0 Å². The summed E-state index contributed by atoms with van der Waals surface area (Å²) in [5, 5.41) is 5.29. The van der Waals surface area contributed by atoms with Crippen LogP contribution in [0.4, 0.5) is 9.18 Å². The van der Waals surface area contributed by atoms with Crippen LogP contribution in [0.3, 0.4) is 0 Å². The number of nitrogens with zero attached hydrogens (tertiary/aromatic N) is 1. The van der Waals surface area contributed by atoms with E-state index >= 15 is 0 Å². The van der Waals surface area contributed by atoms with E-state index in [4.69, 9.17) is 0 Å². The molecule has 0 saturated carbocycles. The van der Waals surface area contributed by atoms with E-state index in [2.05, 4.69) is 22.5 Å². The number of benzene rings is 1. The number of hydrogen-bond acceptors (Lipinski definition) is 2. The van der Waals surface area contributed by atoms with Gasteiger partial charge in [-0.15, -0.1) is 0 Å². The van der Waals surface area contributed by atoms with Crippen molar-refractivity contribution in [2.75, 3.05) is 27.2 Å². The van der Waals surface area contributed by atoms with Crippen molar-refractivity contribution < 1.29 is 9.18 Å². The van der Waals surface area contributed by atoms with Gasteiger partial charge in [-0.3, -0.25) is 4.90 Å². The smallest absolute Gasteiger partial charge is 0.315 e. The molecular formula is C14H18FN3O. The summed E-state index contributed by atoms with van der Waals surface area (Å²) in [6.45, 7) is 1.33. The molecule has 0 aliphatic heterocycles. The lowest BCUT2D eigenvalue weighted by Crippen LogP contribution is -2.35. The molecule has 2 amide bonds. The average Bonchev–Trinajstić information content (AvgIpc) is 2.37. The van der Waals surface area contributed by atoms with Gasteiger partial charge in [0.15, 0.2) is 0 Å². The first-order valence-corrected chi connectivity index (χ1v) is 5.94. The molecule has 0 aliphatic carbocycles. The van der Waals surface area contributed by atoms with E-state index in [-0.39, 0.29) is 11.8 Å². The zero-order valence-corrected chi connectivity index (χ0v) is 11.2. The zero-order chi connectivity index (χ0) is 14.1. The molecule has 0 aliphatic rings. The lowest BCUT2D eigenvalue weighted by atomic mass is 10.2. The largest absolute Gasteiger partial charge is 0.334 e. The second-order valence-electron chi connectivity index (χ2n) is 4.25. The third-order valence-corrected chi connectivity index (χ3v) is 2.22. The average molecular weight is 263 g/mol. The molecule has 0 saturated heterocycles. The van der Waals surface area contributed by atoms with Crippen LogP contribution in [0.15, 0.2) is 24.3 Å². The van der Waals surface area contributed by atoms with Crippen LogP contribution < -0.4 is 10.6 Å². The predicted molar refractivity (Wildman–Crippen MR) is 73.0 cm³/mol. The van der Waals surface area contributed by atoms with Gasteiger partial charge in [-0.05, 0) is 31.8 Å². The number of rotatable bonds is 4. The van der Waals surface area contributed by atoms with Crippen molar-refractivity contribution in [2.24, 2.45) is 0 Å². The van der Waals surface area contributed by atoms with Gasteiger partial charge in [-0.25, -0.2) is 9.18 Å². The van der Waals surface area contributed by atoms with E-state index in [1.807, 2.05) is 19.0 Å². The second kappa shape index (κ2) is 8.11. The predicted octanol–water partition coefficient (Wildman–Crippen LogP) is 1.19. The summed E-state index contributed by atoms with van der Waals surface area (Å²) in [5.41, 5.74) is 0.843. The lowest BCUT2D eigenvalue weighted by Gasteiger charge is -2.05. The molecule has 0 spiro atoms. The van der Waals surface area contributed by atoms with Crippen LogP contribution in [0.1, 0.15) is 5.56 Å². The van der Waals surface area contributed by atoms with Crippen molar-refractivity contribution in [3.8, 4) is 11.8 Å². The third-order valence-electron chi connectivity index (χ3n) is 2.22. The summed E-state index contributed by atoms with van der Waals surface area (Å²) >= 11 is 0. The first kappa shape index (κ1) is 15.0. The second-order valence-corrected chi connectivity index (χ2v) is 4.25. The first-order chi connectivity index (χ1) is 9.08. The van der Waals surface area contributed by atoms with Crippen molar-refractivity contribution in [1.29, 1.82) is 0 Å². The minimum Gasteiger partial charge on any atom is -0.334 e. The maximum Gasteiger partial charge on any atom is 0.315 e. The van der Waals surface area contributed by atoms with E-state index in [9.17, 15) is 9.18 Å². The Bertz CT molecular complexity index is 460. The number of urea groups is 1. The molecule has 0 heterocycles. The van der Waals surface area contributed by atoms with Crippen LogP contribution in [0.2, 0.25) is 0 Å². The monoisotopic (exact) mass is 263 g/mol. The van der Waals surface area contributed by atoms with Gasteiger partial charge in [0, 0.05) is 6.54 Å². The van der Waals surface area contributed by atoms with E-state index in [1.165, 1.54) is 12.1 Å². The van der Waals surface area contributed by atoms with E-state index < -0.39 is 0 Å². The van der Waals surface area contributed by atoms with Crippen molar-refractivity contribution in [3.63, 3.8) is 0 Å². The molecule has 0 radical (unpaired) electrons. The van der Waals surface area contributed by atoms with E-state index in [1.54, 1.807) is 12.1 Å². The minimum absolute atomic E-state index is 0.288. The summed E-state index contributed by atoms with van der Waals surface area (Å²) in [5.74, 6) is 5.46. The van der Waals surface area contributed by atoms with Gasteiger partial charge >= 0.3 is 6.03 Å². The Balaban J connectivity index is 2.20. The highest BCUT2D eigenvalue weighted by Gasteiger charge is 1.98. The van der Waals surface area contributed by atoms with Gasteiger partial charge in [0.2, 0.25) is 0 Å². The Morgan fingerprint density at radius 2 is 1.89 bits per heavy atom. The highest BCUT2D eigenvalue weighted by atomic mass is 19.1. The summed E-state index contributed by atoms with van der Waals surface area (Å²) in [4.78, 5) is 13.4. The maximum atomic E-state index is 12.7. The number of hydrogen-bond donors (Lipinski definition) is 2.